The Morgan fingerprint density at radius 3 is 3.18 bits per heavy atom. The summed E-state index contributed by atoms with van der Waals surface area (Å²) < 4.78 is 1.29. The van der Waals surface area contributed by atoms with Gasteiger partial charge in [-0.3, -0.25) is 0 Å². The monoisotopic (exact) mass is 258 g/mol. The lowest BCUT2D eigenvalue weighted by Gasteiger charge is -1.96. The van der Waals surface area contributed by atoms with Gasteiger partial charge in [-0.05, 0) is 41.1 Å². The lowest BCUT2D eigenvalue weighted by molar-refractivity contribution is 1.27. The number of rotatable bonds is 0. The van der Waals surface area contributed by atoms with Gasteiger partial charge >= 0.3 is 0 Å². The number of aryl methyl sites for hydroxylation is 1. The molecule has 2 aromatic heterocycles. The zero-order chi connectivity index (χ0) is 7.84. The van der Waals surface area contributed by atoms with E-state index >= 15 is 0 Å². The zero-order valence-corrected chi connectivity index (χ0v) is 8.21. The molecule has 0 saturated heterocycles. The molecular formula is C8H7IN2. The second kappa shape index (κ2) is 2.48. The number of fused-ring (bicyclic) bond motifs is 1. The average Bonchev–Trinajstić information content (AvgIpc) is 2.45. The maximum atomic E-state index is 4.24. The van der Waals surface area contributed by atoms with Gasteiger partial charge in [0.2, 0.25) is 0 Å². The van der Waals surface area contributed by atoms with Gasteiger partial charge in [0.25, 0.3) is 0 Å². The van der Waals surface area contributed by atoms with Crippen molar-refractivity contribution < 1.29 is 0 Å². The topological polar surface area (TPSA) is 28.7 Å². The molecule has 2 rings (SSSR count). The third-order valence-corrected chi connectivity index (χ3v) is 3.13. The van der Waals surface area contributed by atoms with Gasteiger partial charge in [-0.1, -0.05) is 0 Å². The normalized spacial score (nSPS) is 10.7. The fourth-order valence-electron chi connectivity index (χ4n) is 1.08. The molecule has 0 spiro atoms. The first-order chi connectivity index (χ1) is 5.29. The Hall–Kier alpha value is -0.580. The van der Waals surface area contributed by atoms with Crippen LogP contribution in [0.2, 0.25) is 0 Å². The van der Waals surface area contributed by atoms with Gasteiger partial charge in [-0.2, -0.15) is 0 Å². The molecule has 3 heteroatoms. The molecule has 0 saturated carbocycles. The van der Waals surface area contributed by atoms with Gasteiger partial charge in [0.15, 0.2) is 0 Å². The van der Waals surface area contributed by atoms with Crippen LogP contribution in [0.25, 0.3) is 11.0 Å². The standard InChI is InChI=1S/C8H7IN2/c1-5-4-11-8-6(7(5)9)2-3-10-8/h2-4H,1H3,(H,10,11). The summed E-state index contributed by atoms with van der Waals surface area (Å²) in [5, 5.41) is 1.21. The van der Waals surface area contributed by atoms with Crippen LogP contribution in [0.4, 0.5) is 0 Å². The maximum Gasteiger partial charge on any atom is 0.138 e. The number of pyridine rings is 1. The van der Waals surface area contributed by atoms with Crippen LogP contribution in [0.3, 0.4) is 0 Å². The molecule has 0 aliphatic rings. The van der Waals surface area contributed by atoms with E-state index < -0.39 is 0 Å². The third-order valence-electron chi connectivity index (χ3n) is 1.70. The van der Waals surface area contributed by atoms with E-state index in [4.69, 9.17) is 0 Å². The lowest BCUT2D eigenvalue weighted by atomic mass is 10.2. The molecule has 0 amide bonds. The molecule has 0 aliphatic heterocycles. The highest BCUT2D eigenvalue weighted by atomic mass is 127. The number of aromatic amines is 1. The molecule has 56 valence electrons. The molecule has 0 aromatic carbocycles. The van der Waals surface area contributed by atoms with Crippen LogP contribution in [-0.2, 0) is 0 Å². The highest BCUT2D eigenvalue weighted by molar-refractivity contribution is 14.1. The number of nitrogens with zero attached hydrogens (tertiary/aromatic N) is 1. The van der Waals surface area contributed by atoms with E-state index in [2.05, 4.69) is 45.5 Å². The molecule has 2 heterocycles. The Morgan fingerprint density at radius 2 is 2.36 bits per heavy atom. The number of H-pyrrole nitrogens is 1. The van der Waals surface area contributed by atoms with Crippen molar-refractivity contribution in [1.29, 1.82) is 0 Å². The molecule has 2 aromatic rings. The molecule has 11 heavy (non-hydrogen) atoms. The van der Waals surface area contributed by atoms with Crippen molar-refractivity contribution in [2.45, 2.75) is 6.92 Å². The summed E-state index contributed by atoms with van der Waals surface area (Å²) in [5.41, 5.74) is 2.21. The molecule has 0 unspecified atom stereocenters. The predicted octanol–water partition coefficient (Wildman–Crippen LogP) is 2.48. The van der Waals surface area contributed by atoms with Gasteiger partial charge in [0.05, 0.1) is 0 Å². The fourth-order valence-corrected chi connectivity index (χ4v) is 1.65. The van der Waals surface area contributed by atoms with Crippen LogP contribution < -0.4 is 0 Å². The van der Waals surface area contributed by atoms with Crippen LogP contribution in [0.5, 0.6) is 0 Å². The summed E-state index contributed by atoms with van der Waals surface area (Å²) in [4.78, 5) is 7.31. The first-order valence-electron chi connectivity index (χ1n) is 3.37. The minimum Gasteiger partial charge on any atom is -0.346 e. The van der Waals surface area contributed by atoms with Crippen LogP contribution in [0, 0.1) is 10.5 Å². The Morgan fingerprint density at radius 1 is 1.55 bits per heavy atom. The fraction of sp³-hybridized carbons (Fsp3) is 0.125. The SMILES string of the molecule is Cc1cnc2[nH]ccc2c1I. The number of hydrogen-bond donors (Lipinski definition) is 1. The van der Waals surface area contributed by atoms with E-state index in [0.717, 1.165) is 5.65 Å². The quantitative estimate of drug-likeness (QED) is 0.722. The Bertz CT molecular complexity index is 392. The van der Waals surface area contributed by atoms with Gasteiger partial charge in [0.1, 0.15) is 5.65 Å². The molecule has 1 N–H and O–H groups in total. The highest BCUT2D eigenvalue weighted by Gasteiger charge is 2.01. The second-order valence-corrected chi connectivity index (χ2v) is 3.57. The first-order valence-corrected chi connectivity index (χ1v) is 4.45. The summed E-state index contributed by atoms with van der Waals surface area (Å²) in [6.07, 6.45) is 3.81. The average molecular weight is 258 g/mol. The summed E-state index contributed by atoms with van der Waals surface area (Å²) in [7, 11) is 0. The molecule has 2 nitrogen and oxygen atoms in total. The van der Waals surface area contributed by atoms with Crippen LogP contribution in [0.15, 0.2) is 18.5 Å². The Labute approximate surface area is 78.2 Å². The number of aromatic nitrogens is 2. The second-order valence-electron chi connectivity index (χ2n) is 2.50. The van der Waals surface area contributed by atoms with E-state index in [1.54, 1.807) is 0 Å². The molecular weight excluding hydrogens is 251 g/mol. The molecule has 0 atom stereocenters. The van der Waals surface area contributed by atoms with Crippen molar-refractivity contribution in [2.75, 3.05) is 0 Å². The van der Waals surface area contributed by atoms with Crippen molar-refractivity contribution in [3.63, 3.8) is 0 Å². The summed E-state index contributed by atoms with van der Waals surface area (Å²) in [5.74, 6) is 0. The van der Waals surface area contributed by atoms with E-state index in [1.165, 1.54) is 14.5 Å². The molecule has 0 fully saturated rings. The molecule has 0 radical (unpaired) electrons. The van der Waals surface area contributed by atoms with E-state index in [1.807, 2.05) is 12.4 Å². The summed E-state index contributed by atoms with van der Waals surface area (Å²) >= 11 is 2.34. The van der Waals surface area contributed by atoms with Crippen LogP contribution >= 0.6 is 22.6 Å². The zero-order valence-electron chi connectivity index (χ0n) is 6.06. The van der Waals surface area contributed by atoms with Crippen molar-refractivity contribution in [3.8, 4) is 0 Å². The van der Waals surface area contributed by atoms with E-state index in [-0.39, 0.29) is 0 Å². The van der Waals surface area contributed by atoms with E-state index in [0.29, 0.717) is 0 Å². The maximum absolute atomic E-state index is 4.24. The third kappa shape index (κ3) is 1.03. The van der Waals surface area contributed by atoms with Gasteiger partial charge < -0.3 is 4.98 Å². The van der Waals surface area contributed by atoms with Gasteiger partial charge in [-0.25, -0.2) is 4.98 Å². The highest BCUT2D eigenvalue weighted by Crippen LogP contribution is 2.20. The molecule has 0 bridgehead atoms. The smallest absolute Gasteiger partial charge is 0.138 e. The molecule has 0 aliphatic carbocycles. The Kier molecular flexibility index (Phi) is 1.60. The summed E-state index contributed by atoms with van der Waals surface area (Å²) in [6, 6.07) is 2.05. The number of halogens is 1. The minimum atomic E-state index is 0.972. The van der Waals surface area contributed by atoms with Crippen LogP contribution in [0.1, 0.15) is 5.56 Å². The first kappa shape index (κ1) is 7.09. The minimum absolute atomic E-state index is 0.972. The lowest BCUT2D eigenvalue weighted by Crippen LogP contribution is -1.83. The van der Waals surface area contributed by atoms with Crippen molar-refractivity contribution in [3.05, 3.63) is 27.6 Å². The predicted molar refractivity (Wildman–Crippen MR) is 53.5 cm³/mol. The van der Waals surface area contributed by atoms with Crippen molar-refractivity contribution in [2.24, 2.45) is 0 Å². The van der Waals surface area contributed by atoms with Crippen LogP contribution in [-0.4, -0.2) is 9.97 Å². The van der Waals surface area contributed by atoms with Gasteiger partial charge in [-0.15, -0.1) is 0 Å². The number of hydrogen-bond acceptors (Lipinski definition) is 1. The van der Waals surface area contributed by atoms with Crippen molar-refractivity contribution >= 4 is 33.6 Å². The Balaban J connectivity index is 2.93. The largest absolute Gasteiger partial charge is 0.346 e. The van der Waals surface area contributed by atoms with E-state index in [9.17, 15) is 0 Å². The van der Waals surface area contributed by atoms with Gasteiger partial charge in [0, 0.05) is 21.4 Å². The van der Waals surface area contributed by atoms with Crippen molar-refractivity contribution in [1.82, 2.24) is 9.97 Å². The summed E-state index contributed by atoms with van der Waals surface area (Å²) in [6.45, 7) is 2.07. The number of nitrogens with one attached hydrogen (secondary N) is 1.